The summed E-state index contributed by atoms with van der Waals surface area (Å²) in [5, 5.41) is 135. The third-order valence-electron chi connectivity index (χ3n) is 9.06. The second-order valence-corrected chi connectivity index (χ2v) is 12.5. The van der Waals surface area contributed by atoms with Crippen LogP contribution in [0.15, 0.2) is 0 Å². The topological polar surface area (TPSA) is 363 Å². The molecule has 4 heterocycles. The van der Waals surface area contributed by atoms with Gasteiger partial charge in [0.15, 0.2) is 25.2 Å². The van der Waals surface area contributed by atoms with E-state index in [1.807, 2.05) is 0 Å². The predicted octanol–water partition coefficient (Wildman–Crippen LogP) is -8.99. The fourth-order valence-corrected chi connectivity index (χ4v) is 6.11. The van der Waals surface area contributed by atoms with Crippen LogP contribution in [0, 0.1) is 0 Å². The molecule has 4 rings (SSSR count). The zero-order chi connectivity index (χ0) is 36.9. The van der Waals surface area contributed by atoms with Gasteiger partial charge >= 0.3 is 0 Å². The zero-order valence-electron chi connectivity index (χ0n) is 26.9. The molecule has 20 atom stereocenters. The Morgan fingerprint density at radius 2 is 0.740 bits per heavy atom. The number of rotatable bonds is 15. The van der Waals surface area contributed by atoms with Gasteiger partial charge in [-0.05, 0) is 19.4 Å². The van der Waals surface area contributed by atoms with Gasteiger partial charge < -0.3 is 110 Å². The van der Waals surface area contributed by atoms with Gasteiger partial charge in [-0.1, -0.05) is 0 Å². The Labute approximate surface area is 285 Å². The summed E-state index contributed by atoms with van der Waals surface area (Å²) in [7, 11) is 0. The quantitative estimate of drug-likeness (QED) is 0.0694. The Bertz CT molecular complexity index is 997. The van der Waals surface area contributed by atoms with E-state index < -0.39 is 149 Å². The van der Waals surface area contributed by atoms with Gasteiger partial charge in [-0.2, -0.15) is 0 Å². The van der Waals surface area contributed by atoms with E-state index in [2.05, 4.69) is 0 Å². The largest absolute Gasteiger partial charge is 0.394 e. The Hall–Kier alpha value is -0.880. The first-order valence-corrected chi connectivity index (χ1v) is 16.3. The fraction of sp³-hybridized carbons (Fsp3) is 1.00. The van der Waals surface area contributed by atoms with Crippen molar-refractivity contribution in [3.05, 3.63) is 0 Å². The molecule has 22 heteroatoms. The maximum Gasteiger partial charge on any atom is 0.187 e. The average Bonchev–Trinajstić information content (AvgIpc) is 3.11. The summed E-state index contributed by atoms with van der Waals surface area (Å²) in [6, 6.07) is 0. The minimum atomic E-state index is -2.02. The number of unbranched alkanes of at least 4 members (excludes halogenated alkanes) is 1. The standard InChI is InChI=1S/C28H51NO21/c29-3-1-2-4-43-25-19(40)15(36)22(10(6-31)45-25)49-27-21(42)17(38)24(12(8-33)47-27)50-28-20(41)16(37)23(11(7-32)46-28)48-26-18(39)14(35)13(34)9(5-30)44-26/h9-28,30-42H,1-8,29H2/t9?,10?,11?,12?,13-,14+,15-,16-,17-,18?,19?,20?,21?,22-,23-,24+,25-,26+,27-,28-/m1/s1. The molecular weight excluding hydrogens is 686 g/mol. The van der Waals surface area contributed by atoms with Crippen molar-refractivity contribution in [2.45, 2.75) is 136 Å². The number of hydrogen-bond donors (Lipinski definition) is 14. The lowest BCUT2D eigenvalue weighted by Gasteiger charge is -2.49. The number of hydrogen-bond acceptors (Lipinski definition) is 22. The summed E-state index contributed by atoms with van der Waals surface area (Å²) in [5.41, 5.74) is 5.45. The van der Waals surface area contributed by atoms with E-state index in [0.29, 0.717) is 19.4 Å². The molecule has 0 aromatic rings. The van der Waals surface area contributed by atoms with E-state index in [4.69, 9.17) is 43.6 Å². The zero-order valence-corrected chi connectivity index (χ0v) is 26.9. The van der Waals surface area contributed by atoms with E-state index >= 15 is 0 Å². The number of aliphatic hydroxyl groups excluding tert-OH is 13. The lowest BCUT2D eigenvalue weighted by atomic mass is 9.95. The van der Waals surface area contributed by atoms with Crippen molar-refractivity contribution in [2.24, 2.45) is 5.73 Å². The van der Waals surface area contributed by atoms with Crippen LogP contribution in [0.4, 0.5) is 0 Å². The van der Waals surface area contributed by atoms with Crippen LogP contribution in [0.5, 0.6) is 0 Å². The molecule has 4 fully saturated rings. The van der Waals surface area contributed by atoms with E-state index in [9.17, 15) is 66.4 Å². The highest BCUT2D eigenvalue weighted by Gasteiger charge is 2.55. The van der Waals surface area contributed by atoms with Crippen LogP contribution >= 0.6 is 0 Å². The number of ether oxygens (including phenoxy) is 8. The molecule has 0 aliphatic carbocycles. The molecule has 0 saturated carbocycles. The first-order chi connectivity index (χ1) is 23.8. The van der Waals surface area contributed by atoms with Crippen molar-refractivity contribution in [2.75, 3.05) is 39.6 Å². The number of aliphatic hydroxyl groups is 13. The summed E-state index contributed by atoms with van der Waals surface area (Å²) >= 11 is 0. The SMILES string of the molecule is NCCCCO[C@@H]1OC(CO)[C@@H](O[C@H]2OC(CO)[C@H](O[C@H]3OC(CO)[C@@H](O[C@@H]4OC(CO)[C@@H](O)[C@H](O)C4O)[C@H](O)C3O)[C@H](O)C2O)[C@H](O)C1O. The Morgan fingerprint density at radius 3 is 1.12 bits per heavy atom. The maximum atomic E-state index is 11.0. The van der Waals surface area contributed by atoms with Crippen LogP contribution in [0.2, 0.25) is 0 Å². The molecule has 0 aromatic carbocycles. The highest BCUT2D eigenvalue weighted by molar-refractivity contribution is 4.97. The molecule has 294 valence electrons. The van der Waals surface area contributed by atoms with Crippen molar-refractivity contribution >= 4 is 0 Å². The van der Waals surface area contributed by atoms with E-state index in [1.54, 1.807) is 0 Å². The second-order valence-electron chi connectivity index (χ2n) is 12.5. The van der Waals surface area contributed by atoms with Gasteiger partial charge in [0.05, 0.1) is 26.4 Å². The molecule has 8 unspecified atom stereocenters. The van der Waals surface area contributed by atoms with Crippen LogP contribution in [0.25, 0.3) is 0 Å². The average molecular weight is 738 g/mol. The predicted molar refractivity (Wildman–Crippen MR) is 156 cm³/mol. The minimum Gasteiger partial charge on any atom is -0.394 e. The Morgan fingerprint density at radius 1 is 0.400 bits per heavy atom. The fourth-order valence-electron chi connectivity index (χ4n) is 6.11. The normalized spacial score (nSPS) is 48.8. The van der Waals surface area contributed by atoms with Crippen LogP contribution < -0.4 is 5.73 Å². The van der Waals surface area contributed by atoms with Crippen molar-refractivity contribution in [3.8, 4) is 0 Å². The second kappa shape index (κ2) is 18.9. The molecule has 0 bridgehead atoms. The van der Waals surface area contributed by atoms with Crippen molar-refractivity contribution in [1.82, 2.24) is 0 Å². The van der Waals surface area contributed by atoms with Crippen LogP contribution in [0.3, 0.4) is 0 Å². The van der Waals surface area contributed by atoms with Gasteiger partial charge in [-0.15, -0.1) is 0 Å². The van der Waals surface area contributed by atoms with Gasteiger partial charge in [0.25, 0.3) is 0 Å². The molecule has 50 heavy (non-hydrogen) atoms. The lowest BCUT2D eigenvalue weighted by molar-refractivity contribution is -0.388. The summed E-state index contributed by atoms with van der Waals surface area (Å²) in [6.07, 6.45) is -33.0. The van der Waals surface area contributed by atoms with Crippen LogP contribution in [0.1, 0.15) is 12.8 Å². The highest BCUT2D eigenvalue weighted by atomic mass is 16.8. The molecule has 0 amide bonds. The maximum absolute atomic E-state index is 11.0. The molecule has 4 aliphatic heterocycles. The molecule has 4 saturated heterocycles. The van der Waals surface area contributed by atoms with E-state index in [-0.39, 0.29) is 6.61 Å². The van der Waals surface area contributed by atoms with Crippen molar-refractivity contribution < 1.29 is 104 Å². The highest BCUT2D eigenvalue weighted by Crippen LogP contribution is 2.34. The van der Waals surface area contributed by atoms with Gasteiger partial charge in [0.1, 0.15) is 97.7 Å². The van der Waals surface area contributed by atoms with Crippen LogP contribution in [-0.4, -0.2) is 229 Å². The molecule has 0 radical (unpaired) electrons. The smallest absolute Gasteiger partial charge is 0.187 e. The van der Waals surface area contributed by atoms with Crippen molar-refractivity contribution in [1.29, 1.82) is 0 Å². The number of nitrogens with two attached hydrogens (primary N) is 1. The molecule has 15 N–H and O–H groups in total. The Balaban J connectivity index is 1.40. The van der Waals surface area contributed by atoms with E-state index in [1.165, 1.54) is 0 Å². The first-order valence-electron chi connectivity index (χ1n) is 16.3. The lowest BCUT2D eigenvalue weighted by Crippen LogP contribution is -2.67. The van der Waals surface area contributed by atoms with Crippen LogP contribution in [-0.2, 0) is 37.9 Å². The molecule has 0 spiro atoms. The summed E-state index contributed by atoms with van der Waals surface area (Å²) in [4.78, 5) is 0. The summed E-state index contributed by atoms with van der Waals surface area (Å²) in [6.45, 7) is -2.75. The molecular formula is C28H51NO21. The third-order valence-corrected chi connectivity index (χ3v) is 9.06. The van der Waals surface area contributed by atoms with Gasteiger partial charge in [-0.3, -0.25) is 0 Å². The molecule has 4 aliphatic rings. The molecule has 22 nitrogen and oxygen atoms in total. The van der Waals surface area contributed by atoms with Gasteiger partial charge in [0.2, 0.25) is 0 Å². The summed E-state index contributed by atoms with van der Waals surface area (Å²) < 4.78 is 44.2. The van der Waals surface area contributed by atoms with E-state index in [0.717, 1.165) is 0 Å². The Kier molecular flexibility index (Phi) is 15.9. The van der Waals surface area contributed by atoms with Crippen molar-refractivity contribution in [3.63, 3.8) is 0 Å². The first kappa shape index (κ1) is 41.9. The summed E-state index contributed by atoms with van der Waals surface area (Å²) in [5.74, 6) is 0. The van der Waals surface area contributed by atoms with Gasteiger partial charge in [0, 0.05) is 6.61 Å². The van der Waals surface area contributed by atoms with Gasteiger partial charge in [-0.25, -0.2) is 0 Å². The monoisotopic (exact) mass is 737 g/mol. The molecule has 0 aromatic heterocycles. The minimum absolute atomic E-state index is 0.132. The third kappa shape index (κ3) is 9.07.